The van der Waals surface area contributed by atoms with E-state index in [0.717, 1.165) is 41.3 Å². The first-order valence-corrected chi connectivity index (χ1v) is 6.86. The average molecular weight is 267 g/mol. The van der Waals surface area contributed by atoms with Crippen LogP contribution in [0.1, 0.15) is 19.7 Å². The number of fused-ring (bicyclic) bond motifs is 1. The van der Waals surface area contributed by atoms with Crippen LogP contribution in [0.15, 0.2) is 36.5 Å². The first kappa shape index (κ1) is 12.6. The van der Waals surface area contributed by atoms with E-state index < -0.39 is 0 Å². The lowest BCUT2D eigenvalue weighted by atomic mass is 10.2. The molecule has 0 unspecified atom stereocenters. The molecule has 0 amide bonds. The van der Waals surface area contributed by atoms with Crippen LogP contribution in [-0.2, 0) is 6.42 Å². The third-order valence-corrected chi connectivity index (χ3v) is 3.13. The first-order valence-electron chi connectivity index (χ1n) is 6.86. The van der Waals surface area contributed by atoms with Gasteiger partial charge in [0, 0.05) is 24.4 Å². The van der Waals surface area contributed by atoms with Gasteiger partial charge in [0.1, 0.15) is 11.6 Å². The summed E-state index contributed by atoms with van der Waals surface area (Å²) in [7, 11) is 0. The standard InChI is InChI=1S/C15H17N5/c1-3-13-18-14(16-4-2)9-15(19-13)20-12-8-6-5-7-11(12)10-17-20/h5-10H,3-4H2,1-2H3,(H,16,18,19). The molecular weight excluding hydrogens is 250 g/mol. The molecule has 2 aromatic heterocycles. The molecule has 0 spiro atoms. The van der Waals surface area contributed by atoms with Crippen molar-refractivity contribution >= 4 is 16.7 Å². The minimum absolute atomic E-state index is 0.797. The molecular formula is C15H17N5. The highest BCUT2D eigenvalue weighted by Gasteiger charge is 2.08. The quantitative estimate of drug-likeness (QED) is 0.789. The number of aryl methyl sites for hydroxylation is 1. The van der Waals surface area contributed by atoms with Gasteiger partial charge in [0.15, 0.2) is 5.82 Å². The van der Waals surface area contributed by atoms with Crippen LogP contribution < -0.4 is 5.32 Å². The number of rotatable bonds is 4. The van der Waals surface area contributed by atoms with Crippen molar-refractivity contribution in [1.29, 1.82) is 0 Å². The van der Waals surface area contributed by atoms with Gasteiger partial charge in [0.2, 0.25) is 0 Å². The zero-order chi connectivity index (χ0) is 13.9. The molecule has 0 saturated carbocycles. The number of benzene rings is 1. The molecule has 20 heavy (non-hydrogen) atoms. The molecule has 1 N–H and O–H groups in total. The number of hydrogen-bond donors (Lipinski definition) is 1. The van der Waals surface area contributed by atoms with Crippen LogP contribution in [0.2, 0.25) is 0 Å². The molecule has 0 bridgehead atoms. The minimum atomic E-state index is 0.797. The number of para-hydroxylation sites is 1. The van der Waals surface area contributed by atoms with Gasteiger partial charge in [0.25, 0.3) is 0 Å². The van der Waals surface area contributed by atoms with Crippen molar-refractivity contribution in [2.24, 2.45) is 0 Å². The molecule has 0 atom stereocenters. The highest BCUT2D eigenvalue weighted by molar-refractivity contribution is 5.79. The van der Waals surface area contributed by atoms with Crippen molar-refractivity contribution < 1.29 is 0 Å². The summed E-state index contributed by atoms with van der Waals surface area (Å²) in [6, 6.07) is 10.0. The van der Waals surface area contributed by atoms with Crippen LogP contribution in [0.25, 0.3) is 16.7 Å². The van der Waals surface area contributed by atoms with Crippen molar-refractivity contribution in [2.75, 3.05) is 11.9 Å². The Morgan fingerprint density at radius 1 is 1.15 bits per heavy atom. The molecule has 102 valence electrons. The molecule has 0 aliphatic heterocycles. The summed E-state index contributed by atoms with van der Waals surface area (Å²) < 4.78 is 1.86. The van der Waals surface area contributed by atoms with Crippen LogP contribution in [-0.4, -0.2) is 26.3 Å². The maximum absolute atomic E-state index is 4.58. The largest absolute Gasteiger partial charge is 0.370 e. The highest BCUT2D eigenvalue weighted by atomic mass is 15.3. The van der Waals surface area contributed by atoms with E-state index in [0.29, 0.717) is 0 Å². The minimum Gasteiger partial charge on any atom is -0.370 e. The van der Waals surface area contributed by atoms with Gasteiger partial charge in [-0.05, 0) is 13.0 Å². The lowest BCUT2D eigenvalue weighted by Gasteiger charge is -2.08. The Hall–Kier alpha value is -2.43. The van der Waals surface area contributed by atoms with Crippen LogP contribution in [0.5, 0.6) is 0 Å². The first-order chi connectivity index (χ1) is 9.81. The third kappa shape index (κ3) is 2.22. The average Bonchev–Trinajstić information content (AvgIpc) is 2.91. The smallest absolute Gasteiger partial charge is 0.159 e. The monoisotopic (exact) mass is 267 g/mol. The summed E-state index contributed by atoms with van der Waals surface area (Å²) in [5, 5.41) is 8.79. The molecule has 5 nitrogen and oxygen atoms in total. The van der Waals surface area contributed by atoms with Gasteiger partial charge < -0.3 is 5.32 Å². The van der Waals surface area contributed by atoms with Crippen molar-refractivity contribution in [3.8, 4) is 5.82 Å². The summed E-state index contributed by atoms with van der Waals surface area (Å²) in [5.74, 6) is 2.46. The molecule has 0 fully saturated rings. The lowest BCUT2D eigenvalue weighted by Crippen LogP contribution is -2.08. The Labute approximate surface area is 117 Å². The van der Waals surface area contributed by atoms with E-state index in [4.69, 9.17) is 0 Å². The fourth-order valence-electron chi connectivity index (χ4n) is 2.18. The van der Waals surface area contributed by atoms with E-state index in [9.17, 15) is 0 Å². The molecule has 0 radical (unpaired) electrons. The Morgan fingerprint density at radius 3 is 2.80 bits per heavy atom. The fraction of sp³-hybridized carbons (Fsp3) is 0.267. The zero-order valence-corrected chi connectivity index (χ0v) is 11.7. The van der Waals surface area contributed by atoms with Gasteiger partial charge in [0.05, 0.1) is 11.7 Å². The second kappa shape index (κ2) is 5.28. The number of anilines is 1. The van der Waals surface area contributed by atoms with E-state index in [2.05, 4.69) is 34.2 Å². The normalized spacial score (nSPS) is 10.9. The van der Waals surface area contributed by atoms with Crippen LogP contribution in [0.4, 0.5) is 5.82 Å². The number of nitrogens with zero attached hydrogens (tertiary/aromatic N) is 4. The SMILES string of the molecule is CCNc1cc(-n2ncc3ccccc32)nc(CC)n1. The van der Waals surface area contributed by atoms with Gasteiger partial charge >= 0.3 is 0 Å². The van der Waals surface area contributed by atoms with E-state index in [-0.39, 0.29) is 0 Å². The van der Waals surface area contributed by atoms with Gasteiger partial charge in [-0.15, -0.1) is 0 Å². The van der Waals surface area contributed by atoms with Gasteiger partial charge in [-0.25, -0.2) is 14.6 Å². The summed E-state index contributed by atoms with van der Waals surface area (Å²) in [4.78, 5) is 9.04. The van der Waals surface area contributed by atoms with Crippen molar-refractivity contribution in [3.05, 3.63) is 42.4 Å². The summed E-state index contributed by atoms with van der Waals surface area (Å²) >= 11 is 0. The van der Waals surface area contributed by atoms with Crippen molar-refractivity contribution in [1.82, 2.24) is 19.7 Å². The predicted molar refractivity (Wildman–Crippen MR) is 80.2 cm³/mol. The van der Waals surface area contributed by atoms with Gasteiger partial charge in [-0.2, -0.15) is 5.10 Å². The molecule has 0 aliphatic carbocycles. The van der Waals surface area contributed by atoms with Crippen LogP contribution >= 0.6 is 0 Å². The Balaban J connectivity index is 2.15. The summed E-state index contributed by atoms with van der Waals surface area (Å²) in [5.41, 5.74) is 1.05. The van der Waals surface area contributed by atoms with E-state index in [1.807, 2.05) is 41.2 Å². The van der Waals surface area contributed by atoms with E-state index >= 15 is 0 Å². The van der Waals surface area contributed by atoms with Gasteiger partial charge in [-0.1, -0.05) is 25.1 Å². The number of hydrogen-bond acceptors (Lipinski definition) is 4. The number of nitrogens with one attached hydrogen (secondary N) is 1. The summed E-state index contributed by atoms with van der Waals surface area (Å²) in [6.07, 6.45) is 2.65. The maximum Gasteiger partial charge on any atom is 0.159 e. The van der Waals surface area contributed by atoms with Crippen molar-refractivity contribution in [3.63, 3.8) is 0 Å². The zero-order valence-electron chi connectivity index (χ0n) is 11.7. The molecule has 0 aliphatic rings. The number of aromatic nitrogens is 4. The predicted octanol–water partition coefficient (Wildman–Crippen LogP) is 2.81. The maximum atomic E-state index is 4.58. The van der Waals surface area contributed by atoms with Crippen molar-refractivity contribution in [2.45, 2.75) is 20.3 Å². The Morgan fingerprint density at radius 2 is 2.00 bits per heavy atom. The van der Waals surface area contributed by atoms with E-state index in [1.165, 1.54) is 0 Å². The molecule has 3 aromatic rings. The fourth-order valence-corrected chi connectivity index (χ4v) is 2.18. The lowest BCUT2D eigenvalue weighted by molar-refractivity contribution is 0.832. The Kier molecular flexibility index (Phi) is 3.33. The second-order valence-corrected chi connectivity index (χ2v) is 4.53. The van der Waals surface area contributed by atoms with Gasteiger partial charge in [-0.3, -0.25) is 0 Å². The van der Waals surface area contributed by atoms with Crippen LogP contribution in [0.3, 0.4) is 0 Å². The molecule has 0 saturated heterocycles. The molecule has 1 aromatic carbocycles. The molecule has 3 rings (SSSR count). The molecule has 2 heterocycles. The third-order valence-electron chi connectivity index (χ3n) is 3.13. The van der Waals surface area contributed by atoms with Crippen LogP contribution in [0, 0.1) is 0 Å². The topological polar surface area (TPSA) is 55.6 Å². The molecule has 5 heteroatoms. The second-order valence-electron chi connectivity index (χ2n) is 4.53. The summed E-state index contributed by atoms with van der Waals surface area (Å²) in [6.45, 7) is 4.94. The highest BCUT2D eigenvalue weighted by Crippen LogP contribution is 2.18. The Bertz CT molecular complexity index is 732. The van der Waals surface area contributed by atoms with E-state index in [1.54, 1.807) is 0 Å².